The Balaban J connectivity index is 1.27. The lowest BCUT2D eigenvalue weighted by Crippen LogP contribution is -2.40. The van der Waals surface area contributed by atoms with E-state index in [1.54, 1.807) is 6.33 Å². The molecule has 3 aromatic rings. The lowest BCUT2D eigenvalue weighted by Gasteiger charge is -2.36. The maximum absolute atomic E-state index is 13.4. The first-order chi connectivity index (χ1) is 17.2. The number of benzene rings is 2. The van der Waals surface area contributed by atoms with Crippen LogP contribution in [0.3, 0.4) is 0 Å². The van der Waals surface area contributed by atoms with E-state index in [4.69, 9.17) is 0 Å². The van der Waals surface area contributed by atoms with Gasteiger partial charge in [-0.2, -0.15) is 0 Å². The number of hydrogen-bond acceptors (Lipinski definition) is 5. The first kappa shape index (κ1) is 23.2. The monoisotopic (exact) mass is 468 g/mol. The summed E-state index contributed by atoms with van der Waals surface area (Å²) >= 11 is 0. The Morgan fingerprint density at radius 1 is 0.943 bits per heavy atom. The molecule has 3 heterocycles. The number of carbonyl (C=O) groups excluding carboxylic acids is 2. The van der Waals surface area contributed by atoms with Gasteiger partial charge in [0.2, 0.25) is 0 Å². The quantitative estimate of drug-likeness (QED) is 0.363. The normalized spacial score (nSPS) is 16.1. The molecule has 6 heteroatoms. The van der Waals surface area contributed by atoms with Crippen LogP contribution in [-0.2, 0) is 17.8 Å². The molecular weight excluding hydrogens is 436 g/mol. The Bertz CT molecular complexity index is 1160. The van der Waals surface area contributed by atoms with Crippen molar-refractivity contribution in [1.29, 1.82) is 0 Å². The fourth-order valence-electron chi connectivity index (χ4n) is 5.31. The van der Waals surface area contributed by atoms with Gasteiger partial charge in [0.05, 0.1) is 12.2 Å². The molecule has 6 nitrogen and oxygen atoms in total. The number of amides is 1. The van der Waals surface area contributed by atoms with Crippen LogP contribution in [0.1, 0.15) is 53.7 Å². The summed E-state index contributed by atoms with van der Waals surface area (Å²) in [6.45, 7) is 3.14. The number of unbranched alkanes of at least 4 members (excludes halogenated alkanes) is 1. The average molecular weight is 469 g/mol. The highest BCUT2D eigenvalue weighted by Gasteiger charge is 2.28. The fraction of sp³-hybridized carbons (Fsp3) is 0.379. The van der Waals surface area contributed by atoms with Crippen LogP contribution in [0.2, 0.25) is 0 Å². The fourth-order valence-corrected chi connectivity index (χ4v) is 5.31. The van der Waals surface area contributed by atoms with Crippen molar-refractivity contribution in [1.82, 2.24) is 14.9 Å². The standard InChI is InChI=1S/C29H32N4O2/c34-19-5-4-6-22-13-16-32(17-14-22)28-26-20-33(18-15-27(26)30-21-31-28)29(35)25-11-9-24(10-12-25)23-7-2-1-3-8-23/h1-3,7-12,19,21-22H,4-6,13-18,20H2. The predicted octanol–water partition coefficient (Wildman–Crippen LogP) is 4.93. The van der Waals surface area contributed by atoms with Crippen LogP contribution in [0, 0.1) is 5.92 Å². The first-order valence-corrected chi connectivity index (χ1v) is 12.7. The molecular formula is C29H32N4O2. The molecule has 1 aromatic heterocycles. The maximum Gasteiger partial charge on any atom is 0.254 e. The second-order valence-corrected chi connectivity index (χ2v) is 9.57. The highest BCUT2D eigenvalue weighted by Crippen LogP contribution is 2.31. The molecule has 1 saturated heterocycles. The molecule has 0 spiro atoms. The van der Waals surface area contributed by atoms with Crippen LogP contribution < -0.4 is 4.90 Å². The Kier molecular flexibility index (Phi) is 7.17. The number of aromatic nitrogens is 2. The highest BCUT2D eigenvalue weighted by molar-refractivity contribution is 5.95. The third-order valence-electron chi connectivity index (χ3n) is 7.35. The largest absolute Gasteiger partial charge is 0.356 e. The molecule has 0 radical (unpaired) electrons. The zero-order valence-corrected chi connectivity index (χ0v) is 20.1. The van der Waals surface area contributed by atoms with Gasteiger partial charge in [-0.1, -0.05) is 42.5 Å². The zero-order chi connectivity index (χ0) is 24.0. The number of carbonyl (C=O) groups is 2. The van der Waals surface area contributed by atoms with E-state index >= 15 is 0 Å². The average Bonchev–Trinajstić information content (AvgIpc) is 2.93. The molecule has 0 unspecified atom stereocenters. The number of hydrogen-bond donors (Lipinski definition) is 0. The van der Waals surface area contributed by atoms with Gasteiger partial charge in [0.25, 0.3) is 5.91 Å². The third kappa shape index (κ3) is 5.26. The second-order valence-electron chi connectivity index (χ2n) is 9.57. The number of piperidine rings is 1. The van der Waals surface area contributed by atoms with Crippen molar-refractivity contribution in [2.45, 2.75) is 45.1 Å². The number of fused-ring (bicyclic) bond motifs is 1. The van der Waals surface area contributed by atoms with Crippen molar-refractivity contribution in [3.05, 3.63) is 77.7 Å². The Hall–Kier alpha value is -3.54. The lowest BCUT2D eigenvalue weighted by atomic mass is 9.91. The Morgan fingerprint density at radius 3 is 2.43 bits per heavy atom. The molecule has 0 atom stereocenters. The zero-order valence-electron chi connectivity index (χ0n) is 20.1. The van der Waals surface area contributed by atoms with Crippen LogP contribution >= 0.6 is 0 Å². The third-order valence-corrected chi connectivity index (χ3v) is 7.35. The summed E-state index contributed by atoms with van der Waals surface area (Å²) < 4.78 is 0. The molecule has 1 amide bonds. The number of nitrogens with zero attached hydrogens (tertiary/aromatic N) is 4. The van der Waals surface area contributed by atoms with Crippen molar-refractivity contribution < 1.29 is 9.59 Å². The van der Waals surface area contributed by atoms with Crippen molar-refractivity contribution in [2.75, 3.05) is 24.5 Å². The van der Waals surface area contributed by atoms with E-state index < -0.39 is 0 Å². The maximum atomic E-state index is 13.4. The summed E-state index contributed by atoms with van der Waals surface area (Å²) in [5.41, 5.74) is 5.12. The minimum absolute atomic E-state index is 0.0546. The van der Waals surface area contributed by atoms with Crippen molar-refractivity contribution in [3.8, 4) is 11.1 Å². The van der Waals surface area contributed by atoms with Crippen molar-refractivity contribution in [3.63, 3.8) is 0 Å². The van der Waals surface area contributed by atoms with E-state index in [0.717, 1.165) is 79.7 Å². The van der Waals surface area contributed by atoms with E-state index in [0.29, 0.717) is 31.0 Å². The minimum atomic E-state index is 0.0546. The molecule has 0 aliphatic carbocycles. The second kappa shape index (κ2) is 10.8. The van der Waals surface area contributed by atoms with E-state index in [9.17, 15) is 9.59 Å². The van der Waals surface area contributed by atoms with Crippen LogP contribution in [0.5, 0.6) is 0 Å². The SMILES string of the molecule is O=CCCCC1CCN(c2ncnc3c2CN(C(=O)c2ccc(-c4ccccc4)cc2)CC3)CC1. The summed E-state index contributed by atoms with van der Waals surface area (Å²) in [5.74, 6) is 1.72. The first-order valence-electron chi connectivity index (χ1n) is 12.7. The smallest absolute Gasteiger partial charge is 0.254 e. The number of aldehydes is 1. The molecule has 0 saturated carbocycles. The molecule has 2 aliphatic heterocycles. The van der Waals surface area contributed by atoms with Gasteiger partial charge in [-0.05, 0) is 54.9 Å². The minimum Gasteiger partial charge on any atom is -0.356 e. The van der Waals surface area contributed by atoms with Gasteiger partial charge >= 0.3 is 0 Å². The summed E-state index contributed by atoms with van der Waals surface area (Å²) in [6, 6.07) is 18.1. The predicted molar refractivity (Wildman–Crippen MR) is 137 cm³/mol. The summed E-state index contributed by atoms with van der Waals surface area (Å²) in [7, 11) is 0. The van der Waals surface area contributed by atoms with E-state index in [1.807, 2.05) is 47.4 Å². The molecule has 0 bridgehead atoms. The molecule has 0 N–H and O–H groups in total. The molecule has 2 aliphatic rings. The number of anilines is 1. The van der Waals surface area contributed by atoms with Gasteiger partial charge in [0, 0.05) is 43.6 Å². The van der Waals surface area contributed by atoms with Gasteiger partial charge in [0.15, 0.2) is 0 Å². The molecule has 1 fully saturated rings. The van der Waals surface area contributed by atoms with Crippen LogP contribution in [0.25, 0.3) is 11.1 Å². The van der Waals surface area contributed by atoms with Crippen molar-refractivity contribution in [2.24, 2.45) is 5.92 Å². The topological polar surface area (TPSA) is 66.4 Å². The van der Waals surface area contributed by atoms with Gasteiger partial charge < -0.3 is 14.6 Å². The Morgan fingerprint density at radius 2 is 1.69 bits per heavy atom. The van der Waals surface area contributed by atoms with Crippen molar-refractivity contribution >= 4 is 18.0 Å². The molecule has 2 aromatic carbocycles. The van der Waals surface area contributed by atoms with Gasteiger partial charge in [-0.15, -0.1) is 0 Å². The van der Waals surface area contributed by atoms with Crippen LogP contribution in [0.15, 0.2) is 60.9 Å². The Labute approximate surface area is 207 Å². The summed E-state index contributed by atoms with van der Waals surface area (Å²) in [4.78, 5) is 37.5. The van der Waals surface area contributed by atoms with Gasteiger partial charge in [-0.3, -0.25) is 4.79 Å². The highest BCUT2D eigenvalue weighted by atomic mass is 16.2. The van der Waals surface area contributed by atoms with E-state index in [-0.39, 0.29) is 5.91 Å². The number of rotatable bonds is 7. The molecule has 5 rings (SSSR count). The van der Waals surface area contributed by atoms with Gasteiger partial charge in [-0.25, -0.2) is 9.97 Å². The van der Waals surface area contributed by atoms with Crippen LogP contribution in [-0.4, -0.2) is 46.7 Å². The summed E-state index contributed by atoms with van der Waals surface area (Å²) in [6.07, 6.45) is 8.46. The lowest BCUT2D eigenvalue weighted by molar-refractivity contribution is -0.108. The van der Waals surface area contributed by atoms with Crippen LogP contribution in [0.4, 0.5) is 5.82 Å². The summed E-state index contributed by atoms with van der Waals surface area (Å²) in [5, 5.41) is 0. The van der Waals surface area contributed by atoms with E-state index in [1.165, 1.54) is 0 Å². The van der Waals surface area contributed by atoms with E-state index in [2.05, 4.69) is 27.0 Å². The molecule has 180 valence electrons. The molecule has 35 heavy (non-hydrogen) atoms. The van der Waals surface area contributed by atoms with Gasteiger partial charge in [0.1, 0.15) is 18.4 Å².